The van der Waals surface area contributed by atoms with Crippen molar-refractivity contribution in [3.05, 3.63) is 70.7 Å². The Morgan fingerprint density at radius 3 is 2.33 bits per heavy atom. The molecule has 8 heteroatoms. The molecular weight excluding hydrogens is 373 g/mol. The maximum Gasteiger partial charge on any atom is 0.264 e. The van der Waals surface area contributed by atoms with Crippen LogP contribution in [0.1, 0.15) is 10.4 Å². The number of carboxylic acid groups (broad SMARTS) is 1. The fraction of sp³-hybridized carbons (Fsp3) is 0.0625. The molecule has 0 bridgehead atoms. The summed E-state index contributed by atoms with van der Waals surface area (Å²) in [5, 5.41) is 11.4. The van der Waals surface area contributed by atoms with Crippen LogP contribution in [-0.4, -0.2) is 20.9 Å². The summed E-state index contributed by atoms with van der Waals surface area (Å²) in [5.41, 5.74) is -0.0309. The van der Waals surface area contributed by atoms with Crippen LogP contribution in [0.3, 0.4) is 0 Å². The van der Waals surface area contributed by atoms with E-state index in [-0.39, 0.29) is 16.5 Å². The monoisotopic (exact) mass is 384 g/mol. The summed E-state index contributed by atoms with van der Waals surface area (Å²) < 4.78 is 26.8. The highest BCUT2D eigenvalue weighted by atomic mass is 35.5. The minimum Gasteiger partial charge on any atom is -0.545 e. The SMILES string of the molecule is C=CCN(c1ccc(Cl)cc1)S(=O)(=O)c1ccc(Cl)c(C(=O)[O-])c1. The molecule has 24 heavy (non-hydrogen) atoms. The number of hydrogen-bond donors (Lipinski definition) is 0. The van der Waals surface area contributed by atoms with E-state index in [2.05, 4.69) is 6.58 Å². The van der Waals surface area contributed by atoms with Gasteiger partial charge in [-0.25, -0.2) is 8.42 Å². The van der Waals surface area contributed by atoms with E-state index in [1.54, 1.807) is 24.3 Å². The molecule has 0 radical (unpaired) electrons. The molecule has 0 unspecified atom stereocenters. The molecule has 0 aliphatic carbocycles. The van der Waals surface area contributed by atoms with E-state index in [0.29, 0.717) is 10.7 Å². The largest absolute Gasteiger partial charge is 0.545 e. The van der Waals surface area contributed by atoms with E-state index in [9.17, 15) is 18.3 Å². The minimum atomic E-state index is -4.03. The molecule has 0 atom stereocenters. The summed E-state index contributed by atoms with van der Waals surface area (Å²) in [6.07, 6.45) is 1.42. The van der Waals surface area contributed by atoms with Crippen molar-refractivity contribution < 1.29 is 18.3 Å². The summed E-state index contributed by atoms with van der Waals surface area (Å²) in [6.45, 7) is 3.55. The van der Waals surface area contributed by atoms with Gasteiger partial charge in [-0.3, -0.25) is 4.31 Å². The lowest BCUT2D eigenvalue weighted by Crippen LogP contribution is -2.31. The first-order chi connectivity index (χ1) is 11.3. The molecule has 0 saturated carbocycles. The first-order valence-electron chi connectivity index (χ1n) is 6.67. The third-order valence-corrected chi connectivity index (χ3v) is 5.53. The number of benzene rings is 2. The molecule has 0 saturated heterocycles. The fourth-order valence-corrected chi connectivity index (χ4v) is 3.80. The van der Waals surface area contributed by atoms with E-state index in [1.807, 2.05) is 0 Å². The van der Waals surface area contributed by atoms with Gasteiger partial charge in [-0.15, -0.1) is 6.58 Å². The lowest BCUT2D eigenvalue weighted by molar-refractivity contribution is -0.255. The van der Waals surface area contributed by atoms with Gasteiger partial charge in [0, 0.05) is 15.6 Å². The van der Waals surface area contributed by atoms with E-state index in [1.165, 1.54) is 18.2 Å². The number of sulfonamides is 1. The van der Waals surface area contributed by atoms with Gasteiger partial charge >= 0.3 is 0 Å². The molecule has 2 aromatic carbocycles. The first kappa shape index (κ1) is 18.3. The molecule has 0 heterocycles. The Hall–Kier alpha value is -2.02. The number of carboxylic acids is 1. The molecule has 2 rings (SSSR count). The summed E-state index contributed by atoms with van der Waals surface area (Å²) in [6, 6.07) is 9.59. The molecule has 5 nitrogen and oxygen atoms in total. The molecule has 0 amide bonds. The van der Waals surface area contributed by atoms with Gasteiger partial charge in [0.15, 0.2) is 0 Å². The zero-order chi connectivity index (χ0) is 17.9. The first-order valence-corrected chi connectivity index (χ1v) is 8.87. The third-order valence-electron chi connectivity index (χ3n) is 3.16. The van der Waals surface area contributed by atoms with Crippen molar-refractivity contribution in [2.24, 2.45) is 0 Å². The molecule has 0 aliphatic heterocycles. The quantitative estimate of drug-likeness (QED) is 0.717. The summed E-state index contributed by atoms with van der Waals surface area (Å²) in [7, 11) is -4.03. The molecular formula is C16H12Cl2NO4S-. The van der Waals surface area contributed by atoms with E-state index in [4.69, 9.17) is 23.2 Å². The zero-order valence-electron chi connectivity index (χ0n) is 12.3. The van der Waals surface area contributed by atoms with Gasteiger partial charge in [-0.05, 0) is 42.5 Å². The van der Waals surface area contributed by atoms with Crippen molar-refractivity contribution in [2.75, 3.05) is 10.8 Å². The van der Waals surface area contributed by atoms with Crippen LogP contribution in [0.5, 0.6) is 0 Å². The van der Waals surface area contributed by atoms with Crippen LogP contribution >= 0.6 is 23.2 Å². The van der Waals surface area contributed by atoms with Crippen LogP contribution in [-0.2, 0) is 10.0 Å². The number of aromatic carboxylic acids is 1. The lowest BCUT2D eigenvalue weighted by Gasteiger charge is -2.23. The number of halogens is 2. The van der Waals surface area contributed by atoms with Crippen molar-refractivity contribution in [1.82, 2.24) is 0 Å². The Labute approximate surface area is 149 Å². The van der Waals surface area contributed by atoms with Crippen molar-refractivity contribution in [1.29, 1.82) is 0 Å². The normalized spacial score (nSPS) is 11.1. The molecule has 0 aliphatic rings. The highest BCUT2D eigenvalue weighted by Crippen LogP contribution is 2.27. The number of anilines is 1. The second-order valence-corrected chi connectivity index (χ2v) is 7.44. The van der Waals surface area contributed by atoms with Crippen LogP contribution in [0.25, 0.3) is 0 Å². The smallest absolute Gasteiger partial charge is 0.264 e. The molecule has 0 aromatic heterocycles. The van der Waals surface area contributed by atoms with Gasteiger partial charge in [0.2, 0.25) is 0 Å². The second kappa shape index (κ2) is 7.25. The minimum absolute atomic E-state index is 0.00670. The van der Waals surface area contributed by atoms with Gasteiger partial charge in [0.25, 0.3) is 10.0 Å². The van der Waals surface area contributed by atoms with Crippen molar-refractivity contribution in [3.8, 4) is 0 Å². The topological polar surface area (TPSA) is 77.5 Å². The van der Waals surface area contributed by atoms with Crippen LogP contribution in [0.15, 0.2) is 60.0 Å². The lowest BCUT2D eigenvalue weighted by atomic mass is 10.2. The van der Waals surface area contributed by atoms with E-state index in [0.717, 1.165) is 10.4 Å². The Morgan fingerprint density at radius 1 is 1.17 bits per heavy atom. The molecule has 126 valence electrons. The van der Waals surface area contributed by atoms with Gasteiger partial charge in [0.05, 0.1) is 23.1 Å². The van der Waals surface area contributed by atoms with E-state index >= 15 is 0 Å². The summed E-state index contributed by atoms with van der Waals surface area (Å²) in [4.78, 5) is 10.8. The van der Waals surface area contributed by atoms with Crippen LogP contribution < -0.4 is 9.41 Å². The van der Waals surface area contributed by atoms with Crippen molar-refractivity contribution in [3.63, 3.8) is 0 Å². The maximum absolute atomic E-state index is 12.9. The van der Waals surface area contributed by atoms with Crippen LogP contribution in [0.2, 0.25) is 10.0 Å². The average molecular weight is 385 g/mol. The van der Waals surface area contributed by atoms with Crippen LogP contribution in [0.4, 0.5) is 5.69 Å². The molecule has 0 spiro atoms. The average Bonchev–Trinajstić information content (AvgIpc) is 2.53. The molecule has 0 fully saturated rings. The zero-order valence-corrected chi connectivity index (χ0v) is 14.6. The second-order valence-electron chi connectivity index (χ2n) is 4.73. The predicted molar refractivity (Wildman–Crippen MR) is 92.0 cm³/mol. The van der Waals surface area contributed by atoms with Gasteiger partial charge in [-0.1, -0.05) is 29.3 Å². The Kier molecular flexibility index (Phi) is 5.54. The van der Waals surface area contributed by atoms with Crippen LogP contribution in [0, 0.1) is 0 Å². The van der Waals surface area contributed by atoms with Gasteiger partial charge in [0.1, 0.15) is 0 Å². The number of hydrogen-bond acceptors (Lipinski definition) is 4. The maximum atomic E-state index is 12.9. The molecule has 2 aromatic rings. The van der Waals surface area contributed by atoms with E-state index < -0.39 is 21.6 Å². The number of rotatable bonds is 6. The van der Waals surface area contributed by atoms with Crippen molar-refractivity contribution in [2.45, 2.75) is 4.90 Å². The Morgan fingerprint density at radius 2 is 1.79 bits per heavy atom. The fourth-order valence-electron chi connectivity index (χ4n) is 2.02. The number of carbonyl (C=O) groups is 1. The summed E-state index contributed by atoms with van der Waals surface area (Å²) in [5.74, 6) is -1.56. The standard InChI is InChI=1S/C16H13Cl2NO4S/c1-2-9-19(12-5-3-11(17)4-6-12)24(22,23)13-7-8-15(18)14(10-13)16(20)21/h2-8,10H,1,9H2,(H,20,21)/p-1. The third kappa shape index (κ3) is 3.72. The van der Waals surface area contributed by atoms with Gasteiger partial charge in [-0.2, -0.15) is 0 Å². The van der Waals surface area contributed by atoms with Crippen molar-refractivity contribution >= 4 is 44.9 Å². The highest BCUT2D eigenvalue weighted by molar-refractivity contribution is 7.92. The Balaban J connectivity index is 2.56. The number of carbonyl (C=O) groups excluding carboxylic acids is 1. The van der Waals surface area contributed by atoms with Gasteiger partial charge < -0.3 is 9.90 Å². The summed E-state index contributed by atoms with van der Waals surface area (Å²) >= 11 is 11.6. The molecule has 0 N–H and O–H groups in total. The Bertz CT molecular complexity index is 879. The predicted octanol–water partition coefficient (Wildman–Crippen LogP) is 2.74. The number of nitrogens with zero attached hydrogens (tertiary/aromatic N) is 1. The highest BCUT2D eigenvalue weighted by Gasteiger charge is 2.25.